The largest absolute Gasteiger partial charge is 0.481 e. The molecule has 0 saturated heterocycles. The summed E-state index contributed by atoms with van der Waals surface area (Å²) in [5, 5.41) is 12.2. The van der Waals surface area contributed by atoms with Crippen molar-refractivity contribution in [1.29, 1.82) is 0 Å². The van der Waals surface area contributed by atoms with E-state index in [2.05, 4.69) is 5.32 Å². The van der Waals surface area contributed by atoms with E-state index in [1.165, 1.54) is 0 Å². The van der Waals surface area contributed by atoms with E-state index >= 15 is 0 Å². The number of benzene rings is 1. The highest BCUT2D eigenvalue weighted by atomic mass is 16.4. The Morgan fingerprint density at radius 2 is 1.82 bits per heavy atom. The Morgan fingerprint density at radius 3 is 2.32 bits per heavy atom. The molecule has 4 heteroatoms. The summed E-state index contributed by atoms with van der Waals surface area (Å²) in [5.74, 6) is -1.04. The molecule has 0 radical (unpaired) electrons. The molecule has 1 saturated carbocycles. The SMILES string of the molecule is CCC(CC)(C(=O)N[C@H]1CC[C@@H](C(=O)O)C1)c1ccccc1. The van der Waals surface area contributed by atoms with Crippen LogP contribution < -0.4 is 5.32 Å². The maximum absolute atomic E-state index is 12.9. The van der Waals surface area contributed by atoms with Crippen molar-refractivity contribution in [3.8, 4) is 0 Å². The first-order valence-corrected chi connectivity index (χ1v) is 8.12. The molecule has 1 aromatic rings. The first kappa shape index (κ1) is 16.5. The van der Waals surface area contributed by atoms with Gasteiger partial charge in [0, 0.05) is 6.04 Å². The lowest BCUT2D eigenvalue weighted by Gasteiger charge is -2.32. The maximum atomic E-state index is 12.9. The summed E-state index contributed by atoms with van der Waals surface area (Å²) in [7, 11) is 0. The maximum Gasteiger partial charge on any atom is 0.306 e. The van der Waals surface area contributed by atoms with E-state index in [4.69, 9.17) is 5.11 Å². The zero-order valence-corrected chi connectivity index (χ0v) is 13.3. The van der Waals surface area contributed by atoms with Gasteiger partial charge in [0.1, 0.15) is 0 Å². The minimum atomic E-state index is -0.753. The number of amides is 1. The summed E-state index contributed by atoms with van der Waals surface area (Å²) < 4.78 is 0. The monoisotopic (exact) mass is 303 g/mol. The third-order valence-corrected chi connectivity index (χ3v) is 5.09. The van der Waals surface area contributed by atoms with Crippen LogP contribution in [0.5, 0.6) is 0 Å². The molecule has 1 fully saturated rings. The topological polar surface area (TPSA) is 66.4 Å². The molecule has 1 amide bonds. The minimum absolute atomic E-state index is 0.0187. The molecule has 2 atom stereocenters. The van der Waals surface area contributed by atoms with Gasteiger partial charge >= 0.3 is 5.97 Å². The fraction of sp³-hybridized carbons (Fsp3) is 0.556. The number of hydrogen-bond donors (Lipinski definition) is 2. The van der Waals surface area contributed by atoms with Gasteiger partial charge in [-0.05, 0) is 37.7 Å². The summed E-state index contributed by atoms with van der Waals surface area (Å²) >= 11 is 0. The molecule has 2 N–H and O–H groups in total. The second-order valence-corrected chi connectivity index (χ2v) is 6.17. The van der Waals surface area contributed by atoms with Crippen molar-refractivity contribution in [2.75, 3.05) is 0 Å². The Kier molecular flexibility index (Phi) is 5.22. The zero-order valence-electron chi connectivity index (χ0n) is 13.3. The van der Waals surface area contributed by atoms with Crippen molar-refractivity contribution < 1.29 is 14.7 Å². The quantitative estimate of drug-likeness (QED) is 0.848. The summed E-state index contributed by atoms with van der Waals surface area (Å²) in [6, 6.07) is 9.85. The molecule has 4 nitrogen and oxygen atoms in total. The standard InChI is InChI=1S/C18H25NO3/c1-3-18(4-2,14-8-6-5-7-9-14)17(22)19-15-11-10-13(12-15)16(20)21/h5-9,13,15H,3-4,10-12H2,1-2H3,(H,19,22)(H,20,21)/t13-,15+/m1/s1. The lowest BCUT2D eigenvalue weighted by molar-refractivity contribution is -0.141. The first-order valence-electron chi connectivity index (χ1n) is 8.12. The average molecular weight is 303 g/mol. The summed E-state index contributed by atoms with van der Waals surface area (Å²) in [5.41, 5.74) is 0.507. The number of carboxylic acid groups (broad SMARTS) is 1. The Hall–Kier alpha value is -1.84. The van der Waals surface area contributed by atoms with Gasteiger partial charge in [0.15, 0.2) is 0 Å². The summed E-state index contributed by atoms with van der Waals surface area (Å²) in [6.45, 7) is 4.07. The van der Waals surface area contributed by atoms with E-state index in [0.29, 0.717) is 12.8 Å². The molecule has 22 heavy (non-hydrogen) atoms. The predicted molar refractivity (Wildman–Crippen MR) is 85.6 cm³/mol. The van der Waals surface area contributed by atoms with Crippen LogP contribution in [0.3, 0.4) is 0 Å². The van der Waals surface area contributed by atoms with Crippen molar-refractivity contribution in [3.63, 3.8) is 0 Å². The van der Waals surface area contributed by atoms with Gasteiger partial charge in [0.05, 0.1) is 11.3 Å². The minimum Gasteiger partial charge on any atom is -0.481 e. The van der Waals surface area contributed by atoms with E-state index in [-0.39, 0.29) is 17.9 Å². The van der Waals surface area contributed by atoms with Gasteiger partial charge in [-0.1, -0.05) is 44.2 Å². The van der Waals surface area contributed by atoms with E-state index in [1.54, 1.807) is 0 Å². The zero-order chi connectivity index (χ0) is 16.2. The molecule has 1 aromatic carbocycles. The smallest absolute Gasteiger partial charge is 0.306 e. The lowest BCUT2D eigenvalue weighted by atomic mass is 9.75. The van der Waals surface area contributed by atoms with Gasteiger partial charge in [-0.2, -0.15) is 0 Å². The Balaban J connectivity index is 2.13. The van der Waals surface area contributed by atoms with Crippen molar-refractivity contribution in [2.45, 2.75) is 57.4 Å². The van der Waals surface area contributed by atoms with Gasteiger partial charge in [-0.15, -0.1) is 0 Å². The summed E-state index contributed by atoms with van der Waals surface area (Å²) in [6.07, 6.45) is 3.40. The highest BCUT2D eigenvalue weighted by molar-refractivity contribution is 5.88. The number of nitrogens with one attached hydrogen (secondary N) is 1. The molecule has 0 aromatic heterocycles. The van der Waals surface area contributed by atoms with Crippen LogP contribution in [0.25, 0.3) is 0 Å². The van der Waals surface area contributed by atoms with Crippen molar-refractivity contribution in [2.24, 2.45) is 5.92 Å². The van der Waals surface area contributed by atoms with Crippen molar-refractivity contribution in [1.82, 2.24) is 5.32 Å². The molecule has 0 spiro atoms. The molecule has 0 aliphatic heterocycles. The van der Waals surface area contributed by atoms with Gasteiger partial charge in [-0.3, -0.25) is 9.59 Å². The number of aliphatic carboxylic acids is 1. The number of rotatable bonds is 6. The molecule has 0 bridgehead atoms. The van der Waals surface area contributed by atoms with Crippen LogP contribution in [-0.2, 0) is 15.0 Å². The van der Waals surface area contributed by atoms with Crippen LogP contribution in [0, 0.1) is 5.92 Å². The highest BCUT2D eigenvalue weighted by Crippen LogP contribution is 2.33. The normalized spacial score (nSPS) is 21.5. The van der Waals surface area contributed by atoms with E-state index in [1.807, 2.05) is 44.2 Å². The average Bonchev–Trinajstić information content (AvgIpc) is 2.99. The number of carbonyl (C=O) groups is 2. The molecular formula is C18H25NO3. The molecule has 0 unspecified atom stereocenters. The Labute approximate surface area is 131 Å². The third kappa shape index (κ3) is 3.16. The lowest BCUT2D eigenvalue weighted by Crippen LogP contribution is -2.47. The second-order valence-electron chi connectivity index (χ2n) is 6.17. The third-order valence-electron chi connectivity index (χ3n) is 5.09. The number of carbonyl (C=O) groups excluding carboxylic acids is 1. The fourth-order valence-electron chi connectivity index (χ4n) is 3.53. The first-order chi connectivity index (χ1) is 10.5. The van der Waals surface area contributed by atoms with Gasteiger partial charge in [0.2, 0.25) is 5.91 Å². The molecular weight excluding hydrogens is 278 g/mol. The fourth-order valence-corrected chi connectivity index (χ4v) is 3.53. The van der Waals surface area contributed by atoms with Gasteiger partial charge in [0.25, 0.3) is 0 Å². The van der Waals surface area contributed by atoms with E-state index < -0.39 is 11.4 Å². The van der Waals surface area contributed by atoms with Crippen LogP contribution in [0.4, 0.5) is 0 Å². The van der Waals surface area contributed by atoms with Gasteiger partial charge < -0.3 is 10.4 Å². The molecule has 0 heterocycles. The number of hydrogen-bond acceptors (Lipinski definition) is 2. The van der Waals surface area contributed by atoms with Crippen molar-refractivity contribution >= 4 is 11.9 Å². The van der Waals surface area contributed by atoms with E-state index in [0.717, 1.165) is 24.8 Å². The number of carboxylic acids is 1. The van der Waals surface area contributed by atoms with Gasteiger partial charge in [-0.25, -0.2) is 0 Å². The molecule has 2 rings (SSSR count). The molecule has 120 valence electrons. The van der Waals surface area contributed by atoms with E-state index in [9.17, 15) is 9.59 Å². The predicted octanol–water partition coefficient (Wildman–Crippen LogP) is 3.11. The highest BCUT2D eigenvalue weighted by Gasteiger charge is 2.39. The Morgan fingerprint density at radius 1 is 1.18 bits per heavy atom. The Bertz CT molecular complexity index is 522. The second kappa shape index (κ2) is 6.95. The molecule has 1 aliphatic carbocycles. The van der Waals surface area contributed by atoms with Crippen LogP contribution in [0.1, 0.15) is 51.5 Å². The summed E-state index contributed by atoms with van der Waals surface area (Å²) in [4.78, 5) is 24.0. The van der Waals surface area contributed by atoms with Crippen LogP contribution >= 0.6 is 0 Å². The van der Waals surface area contributed by atoms with Crippen LogP contribution in [0.15, 0.2) is 30.3 Å². The van der Waals surface area contributed by atoms with Crippen LogP contribution in [-0.4, -0.2) is 23.0 Å². The van der Waals surface area contributed by atoms with Crippen molar-refractivity contribution in [3.05, 3.63) is 35.9 Å². The molecule has 1 aliphatic rings. The van der Waals surface area contributed by atoms with Crippen LogP contribution in [0.2, 0.25) is 0 Å².